The Morgan fingerprint density at radius 1 is 1.00 bits per heavy atom. The van der Waals surface area contributed by atoms with Gasteiger partial charge in [-0.2, -0.15) is 3.89 Å². The first-order valence-corrected chi connectivity index (χ1v) is 9.76. The first-order chi connectivity index (χ1) is 11.8. The minimum atomic E-state index is 0.308. The molecule has 1 nitrogen and oxygen atoms in total. The summed E-state index contributed by atoms with van der Waals surface area (Å²) in [5.41, 5.74) is 4.73. The van der Waals surface area contributed by atoms with Crippen molar-refractivity contribution in [2.45, 2.75) is 65.7 Å². The summed E-state index contributed by atoms with van der Waals surface area (Å²) in [5, 5.41) is 3.29. The number of hydrogen-bond acceptors (Lipinski definition) is 2. The molecule has 0 spiro atoms. The van der Waals surface area contributed by atoms with Crippen LogP contribution in [0.3, 0.4) is 0 Å². The molecule has 0 heterocycles. The van der Waals surface area contributed by atoms with Crippen LogP contribution in [0.2, 0.25) is 0 Å². The van der Waals surface area contributed by atoms with Gasteiger partial charge in [0.15, 0.2) is 0 Å². The van der Waals surface area contributed by atoms with Crippen LogP contribution in [0.1, 0.15) is 58.6 Å². The number of rotatable bonds is 5. The Labute approximate surface area is 157 Å². The predicted molar refractivity (Wildman–Crippen MR) is 112 cm³/mol. The van der Waals surface area contributed by atoms with Crippen molar-refractivity contribution in [3.05, 3.63) is 53.6 Å². The highest BCUT2D eigenvalue weighted by molar-refractivity contribution is 7.94. The lowest BCUT2D eigenvalue weighted by Gasteiger charge is -2.15. The fourth-order valence-corrected chi connectivity index (χ4v) is 3.12. The summed E-state index contributed by atoms with van der Waals surface area (Å²) in [6.07, 6.45) is 3.49. The molecule has 0 aromatic heterocycles. The van der Waals surface area contributed by atoms with Gasteiger partial charge in [-0.3, -0.25) is 0 Å². The number of aryl methyl sites for hydroxylation is 2. The van der Waals surface area contributed by atoms with Crippen LogP contribution in [0, 0.1) is 12.3 Å². The molecule has 0 unspecified atom stereocenters. The normalized spacial score (nSPS) is 10.8. The number of halogens is 1. The fraction of sp³-hybridized carbons (Fsp3) is 0.455. The van der Waals surface area contributed by atoms with Gasteiger partial charge in [0.2, 0.25) is 0 Å². The molecule has 0 aliphatic heterocycles. The molecule has 0 aliphatic carbocycles. The van der Waals surface area contributed by atoms with Crippen molar-refractivity contribution < 1.29 is 3.89 Å². The number of benzene rings is 2. The van der Waals surface area contributed by atoms with E-state index in [9.17, 15) is 3.89 Å². The molecule has 2 aromatic carbocycles. The van der Waals surface area contributed by atoms with Crippen LogP contribution >= 0.6 is 12.1 Å². The lowest BCUT2D eigenvalue weighted by molar-refractivity contribution is 0.373. The summed E-state index contributed by atoms with van der Waals surface area (Å²) in [6, 6.07) is 13.9. The fourth-order valence-electron chi connectivity index (χ4n) is 2.64. The Balaban J connectivity index is 0.000000381. The predicted octanol–water partition coefficient (Wildman–Crippen LogP) is 8.11. The summed E-state index contributed by atoms with van der Waals surface area (Å²) in [4.78, 5) is 0.690. The monoisotopic (exact) mass is 361 g/mol. The van der Waals surface area contributed by atoms with E-state index < -0.39 is 0 Å². The maximum absolute atomic E-state index is 12.8. The Bertz CT molecular complexity index is 647. The van der Waals surface area contributed by atoms with Crippen molar-refractivity contribution in [1.29, 1.82) is 0 Å². The summed E-state index contributed by atoms with van der Waals surface area (Å²) in [7, 11) is 0. The van der Waals surface area contributed by atoms with Crippen molar-refractivity contribution in [2.75, 3.05) is 5.32 Å². The van der Waals surface area contributed by atoms with Crippen LogP contribution in [0.15, 0.2) is 47.4 Å². The van der Waals surface area contributed by atoms with Gasteiger partial charge in [-0.25, -0.2) is 0 Å². The maximum atomic E-state index is 12.8. The SMILES string of the molecule is CCCC(C)(C)C.CCc1ccc(Nc2cccc(C)c2)cc1SF. The molecular formula is C22H32FNS. The van der Waals surface area contributed by atoms with Crippen LogP contribution in [0.25, 0.3) is 0 Å². The van der Waals surface area contributed by atoms with E-state index in [0.717, 1.165) is 23.4 Å². The van der Waals surface area contributed by atoms with Gasteiger partial charge in [0.05, 0.1) is 12.1 Å². The first-order valence-electron chi connectivity index (χ1n) is 9.04. The molecule has 25 heavy (non-hydrogen) atoms. The van der Waals surface area contributed by atoms with Gasteiger partial charge in [0, 0.05) is 16.3 Å². The van der Waals surface area contributed by atoms with E-state index in [1.807, 2.05) is 50.2 Å². The van der Waals surface area contributed by atoms with Gasteiger partial charge in [-0.15, -0.1) is 0 Å². The van der Waals surface area contributed by atoms with Crippen LogP contribution in [0.5, 0.6) is 0 Å². The minimum Gasteiger partial charge on any atom is -0.355 e. The van der Waals surface area contributed by atoms with Gasteiger partial charge < -0.3 is 5.32 Å². The second-order valence-corrected chi connectivity index (χ2v) is 8.15. The summed E-state index contributed by atoms with van der Waals surface area (Å²) in [6.45, 7) is 13.1. The van der Waals surface area contributed by atoms with E-state index in [1.54, 1.807) is 0 Å². The zero-order chi connectivity index (χ0) is 18.9. The Kier molecular flexibility index (Phi) is 9.05. The molecule has 0 atom stereocenters. The quantitative estimate of drug-likeness (QED) is 0.577. The van der Waals surface area contributed by atoms with Crippen molar-refractivity contribution >= 4 is 23.5 Å². The number of nitrogens with one attached hydrogen (secondary N) is 1. The highest BCUT2D eigenvalue weighted by Gasteiger charge is 2.06. The van der Waals surface area contributed by atoms with E-state index in [1.165, 1.54) is 18.4 Å². The minimum absolute atomic E-state index is 0.308. The molecule has 0 radical (unpaired) electrons. The van der Waals surface area contributed by atoms with Gasteiger partial charge in [-0.05, 0) is 60.6 Å². The molecule has 0 saturated heterocycles. The summed E-state index contributed by atoms with van der Waals surface area (Å²) >= 11 is 0.308. The molecule has 2 aromatic rings. The molecule has 0 bridgehead atoms. The van der Waals surface area contributed by atoms with Crippen LogP contribution in [0.4, 0.5) is 15.3 Å². The third-order valence-corrected chi connectivity index (χ3v) is 4.38. The molecule has 2 rings (SSSR count). The van der Waals surface area contributed by atoms with Crippen molar-refractivity contribution in [3.63, 3.8) is 0 Å². The first kappa shape index (κ1) is 21.6. The van der Waals surface area contributed by atoms with Crippen molar-refractivity contribution in [3.8, 4) is 0 Å². The smallest absolute Gasteiger partial charge is 0.0815 e. The third kappa shape index (κ3) is 8.44. The van der Waals surface area contributed by atoms with E-state index in [4.69, 9.17) is 0 Å². The number of hydrogen-bond donors (Lipinski definition) is 1. The zero-order valence-electron chi connectivity index (χ0n) is 16.4. The van der Waals surface area contributed by atoms with Crippen molar-refractivity contribution in [1.82, 2.24) is 0 Å². The van der Waals surface area contributed by atoms with E-state index in [2.05, 4.69) is 39.1 Å². The zero-order valence-corrected chi connectivity index (χ0v) is 17.3. The van der Waals surface area contributed by atoms with Crippen molar-refractivity contribution in [2.24, 2.45) is 5.41 Å². The van der Waals surface area contributed by atoms with Gasteiger partial charge in [0.25, 0.3) is 0 Å². The average Bonchev–Trinajstić information content (AvgIpc) is 2.54. The Hall–Kier alpha value is -1.48. The maximum Gasteiger partial charge on any atom is 0.0815 e. The second kappa shape index (κ2) is 10.5. The van der Waals surface area contributed by atoms with E-state index in [-0.39, 0.29) is 0 Å². The van der Waals surface area contributed by atoms with Crippen LogP contribution in [-0.2, 0) is 6.42 Å². The largest absolute Gasteiger partial charge is 0.355 e. The lowest BCUT2D eigenvalue weighted by Crippen LogP contribution is -2.02. The molecule has 0 amide bonds. The van der Waals surface area contributed by atoms with Gasteiger partial charge >= 0.3 is 0 Å². The molecule has 0 saturated carbocycles. The number of anilines is 2. The Morgan fingerprint density at radius 2 is 1.68 bits per heavy atom. The molecule has 1 N–H and O–H groups in total. The molecule has 138 valence electrons. The van der Waals surface area contributed by atoms with Gasteiger partial charge in [0.1, 0.15) is 0 Å². The summed E-state index contributed by atoms with van der Waals surface area (Å²) < 4.78 is 12.8. The second-order valence-electron chi connectivity index (χ2n) is 7.56. The highest BCUT2D eigenvalue weighted by atomic mass is 32.2. The molecular weight excluding hydrogens is 329 g/mol. The van der Waals surface area contributed by atoms with E-state index in [0.29, 0.717) is 22.5 Å². The van der Waals surface area contributed by atoms with Crippen LogP contribution in [-0.4, -0.2) is 0 Å². The van der Waals surface area contributed by atoms with E-state index >= 15 is 0 Å². The average molecular weight is 362 g/mol. The molecule has 0 aliphatic rings. The molecule has 0 fully saturated rings. The topological polar surface area (TPSA) is 12.0 Å². The lowest BCUT2D eigenvalue weighted by atomic mass is 9.91. The standard InChI is InChI=1S/C15H16FNS.C7H16/c1-3-12-7-8-14(10-15(12)18-16)17-13-6-4-5-11(2)9-13;1-5-6-7(2,3)4/h4-10,17H,3H2,1-2H3;5-6H2,1-4H3. The molecule has 3 heteroatoms. The van der Waals surface area contributed by atoms with Gasteiger partial charge in [-0.1, -0.05) is 59.2 Å². The highest BCUT2D eigenvalue weighted by Crippen LogP contribution is 2.29. The summed E-state index contributed by atoms with van der Waals surface area (Å²) in [5.74, 6) is 0. The third-order valence-electron chi connectivity index (χ3n) is 3.84. The van der Waals surface area contributed by atoms with Crippen LogP contribution < -0.4 is 5.32 Å². The Morgan fingerprint density at radius 3 is 2.16 bits per heavy atom.